The van der Waals surface area contributed by atoms with Crippen molar-refractivity contribution in [3.05, 3.63) is 90.0 Å². The van der Waals surface area contributed by atoms with Gasteiger partial charge in [0.25, 0.3) is 11.8 Å². The zero-order valence-electron chi connectivity index (χ0n) is 21.0. The normalized spacial score (nSPS) is 13.4. The first-order chi connectivity index (χ1) is 18.4. The van der Waals surface area contributed by atoms with Gasteiger partial charge in [0.05, 0.1) is 24.6 Å². The molecular weight excluding hydrogens is 504 g/mol. The topological polar surface area (TPSA) is 85.4 Å². The van der Waals surface area contributed by atoms with E-state index in [1.54, 1.807) is 73.7 Å². The molecule has 9 heteroatoms. The third-order valence-corrected chi connectivity index (χ3v) is 5.87. The summed E-state index contributed by atoms with van der Waals surface area (Å²) >= 11 is 5.63. The first-order valence-electron chi connectivity index (χ1n) is 12.0. The van der Waals surface area contributed by atoms with E-state index in [-0.39, 0.29) is 23.9 Å². The maximum absolute atomic E-state index is 13.7. The lowest BCUT2D eigenvalue weighted by Crippen LogP contribution is -2.56. The minimum absolute atomic E-state index is 0.0623. The number of esters is 1. The molecule has 38 heavy (non-hydrogen) atoms. The zero-order chi connectivity index (χ0) is 27.1. The third kappa shape index (κ3) is 5.73. The third-order valence-electron chi connectivity index (χ3n) is 5.51. The molecule has 3 aromatic rings. The molecule has 8 nitrogen and oxygen atoms in total. The van der Waals surface area contributed by atoms with Gasteiger partial charge in [-0.05, 0) is 74.1 Å². The number of rotatable bonds is 9. The van der Waals surface area contributed by atoms with E-state index in [0.29, 0.717) is 35.0 Å². The van der Waals surface area contributed by atoms with Crippen molar-refractivity contribution in [3.63, 3.8) is 0 Å². The Labute approximate surface area is 226 Å². The Bertz CT molecular complexity index is 1310. The molecule has 2 amide bonds. The van der Waals surface area contributed by atoms with Crippen molar-refractivity contribution in [3.8, 4) is 11.5 Å². The summed E-state index contributed by atoms with van der Waals surface area (Å²) in [4.78, 5) is 41.7. The lowest BCUT2D eigenvalue weighted by atomic mass is 10.0. The number of thiocarbonyl (C=S) groups is 1. The summed E-state index contributed by atoms with van der Waals surface area (Å²) in [5.41, 5.74) is 1.54. The van der Waals surface area contributed by atoms with Crippen LogP contribution in [0.25, 0.3) is 6.08 Å². The van der Waals surface area contributed by atoms with Crippen LogP contribution in [0, 0.1) is 0 Å². The van der Waals surface area contributed by atoms with Gasteiger partial charge < -0.3 is 14.2 Å². The van der Waals surface area contributed by atoms with E-state index >= 15 is 0 Å². The predicted molar refractivity (Wildman–Crippen MR) is 148 cm³/mol. The smallest absolute Gasteiger partial charge is 0.344 e. The minimum atomic E-state index is -0.543. The molecule has 3 aromatic carbocycles. The molecule has 0 saturated carbocycles. The van der Waals surface area contributed by atoms with Crippen LogP contribution in [-0.2, 0) is 19.1 Å². The molecule has 1 saturated heterocycles. The van der Waals surface area contributed by atoms with Crippen molar-refractivity contribution in [1.29, 1.82) is 0 Å². The van der Waals surface area contributed by atoms with Gasteiger partial charge in [0.1, 0.15) is 5.57 Å². The summed E-state index contributed by atoms with van der Waals surface area (Å²) in [6, 6.07) is 22.8. The highest BCUT2D eigenvalue weighted by Gasteiger charge is 2.41. The van der Waals surface area contributed by atoms with E-state index in [1.165, 1.54) is 15.9 Å². The molecule has 1 fully saturated rings. The molecule has 194 valence electrons. The number of carbonyl (C=O) groups is 3. The van der Waals surface area contributed by atoms with Crippen LogP contribution in [0.2, 0.25) is 0 Å². The van der Waals surface area contributed by atoms with Gasteiger partial charge in [-0.2, -0.15) is 0 Å². The zero-order valence-corrected chi connectivity index (χ0v) is 21.8. The molecule has 1 aliphatic rings. The maximum Gasteiger partial charge on any atom is 0.344 e. The second-order valence-corrected chi connectivity index (χ2v) is 8.39. The second-order valence-electron chi connectivity index (χ2n) is 8.03. The fraction of sp³-hybridized carbons (Fsp3) is 0.172. The van der Waals surface area contributed by atoms with E-state index < -0.39 is 17.8 Å². The number of hydrogen-bond donors (Lipinski definition) is 0. The van der Waals surface area contributed by atoms with Gasteiger partial charge >= 0.3 is 5.97 Å². The number of ether oxygens (including phenoxy) is 3. The lowest BCUT2D eigenvalue weighted by Gasteiger charge is -2.36. The number of para-hydroxylation sites is 2. The second kappa shape index (κ2) is 12.2. The van der Waals surface area contributed by atoms with Gasteiger partial charge in [0.2, 0.25) is 0 Å². The molecule has 0 bridgehead atoms. The molecular formula is C29H26N2O6S. The van der Waals surface area contributed by atoms with Crippen LogP contribution in [-0.4, -0.2) is 42.7 Å². The maximum atomic E-state index is 13.7. The molecule has 0 spiro atoms. The summed E-state index contributed by atoms with van der Waals surface area (Å²) < 4.78 is 16.2. The summed E-state index contributed by atoms with van der Waals surface area (Å²) in [5, 5.41) is 0.0623. The molecule has 0 atom stereocenters. The van der Waals surface area contributed by atoms with Crippen molar-refractivity contribution >= 4 is 52.6 Å². The fourth-order valence-corrected chi connectivity index (χ4v) is 4.22. The highest BCUT2D eigenvalue weighted by atomic mass is 32.1. The van der Waals surface area contributed by atoms with Gasteiger partial charge in [-0.1, -0.05) is 42.5 Å². The van der Waals surface area contributed by atoms with Crippen molar-refractivity contribution < 1.29 is 28.6 Å². The lowest BCUT2D eigenvalue weighted by molar-refractivity contribution is -0.145. The highest BCUT2D eigenvalue weighted by molar-refractivity contribution is 7.81. The monoisotopic (exact) mass is 530 g/mol. The van der Waals surface area contributed by atoms with E-state index in [9.17, 15) is 14.4 Å². The Morgan fingerprint density at radius 3 is 1.89 bits per heavy atom. The number of nitrogens with zero attached hydrogens (tertiary/aromatic N) is 2. The van der Waals surface area contributed by atoms with Gasteiger partial charge in [0.15, 0.2) is 23.2 Å². The molecule has 1 heterocycles. The van der Waals surface area contributed by atoms with Crippen LogP contribution in [0.4, 0.5) is 11.4 Å². The summed E-state index contributed by atoms with van der Waals surface area (Å²) in [6.45, 7) is 3.83. The molecule has 0 radical (unpaired) electrons. The number of hydrogen-bond acceptors (Lipinski definition) is 7. The van der Waals surface area contributed by atoms with Crippen molar-refractivity contribution in [2.45, 2.75) is 13.8 Å². The van der Waals surface area contributed by atoms with E-state index in [2.05, 4.69) is 0 Å². The highest BCUT2D eigenvalue weighted by Crippen LogP contribution is 2.32. The number of anilines is 2. The summed E-state index contributed by atoms with van der Waals surface area (Å²) in [6.07, 6.45) is 1.50. The van der Waals surface area contributed by atoms with Gasteiger partial charge in [-0.3, -0.25) is 19.4 Å². The SMILES string of the molecule is CCOC(=O)COc1ccc(C=C2C(=O)N(c3ccccc3)C(=S)N(c3ccccc3)C2=O)cc1OCC. The quantitative estimate of drug-likeness (QED) is 0.170. The van der Waals surface area contributed by atoms with Gasteiger partial charge in [0, 0.05) is 0 Å². The Kier molecular flexibility index (Phi) is 8.50. The van der Waals surface area contributed by atoms with E-state index in [1.807, 2.05) is 19.1 Å². The van der Waals surface area contributed by atoms with Gasteiger partial charge in [-0.15, -0.1) is 0 Å². The standard InChI is InChI=1S/C29H26N2O6S/c1-3-35-25-18-20(15-16-24(25)37-19-26(32)36-4-2)17-23-27(33)30(21-11-7-5-8-12-21)29(38)31(28(23)34)22-13-9-6-10-14-22/h5-18H,3-4,19H2,1-2H3. The Hall–Kier alpha value is -4.50. The van der Waals surface area contributed by atoms with Crippen molar-refractivity contribution in [1.82, 2.24) is 0 Å². The van der Waals surface area contributed by atoms with Crippen LogP contribution >= 0.6 is 12.2 Å². The first kappa shape index (κ1) is 26.6. The minimum Gasteiger partial charge on any atom is -0.490 e. The number of amides is 2. The van der Waals surface area contributed by atoms with Crippen molar-refractivity contribution in [2.24, 2.45) is 0 Å². The number of carbonyl (C=O) groups excluding carboxylic acids is 3. The Balaban J connectivity index is 1.74. The van der Waals surface area contributed by atoms with Crippen LogP contribution in [0.1, 0.15) is 19.4 Å². The van der Waals surface area contributed by atoms with Crippen LogP contribution in [0.5, 0.6) is 11.5 Å². The Morgan fingerprint density at radius 1 is 0.789 bits per heavy atom. The molecule has 0 aromatic heterocycles. The van der Waals surface area contributed by atoms with Crippen LogP contribution in [0.3, 0.4) is 0 Å². The van der Waals surface area contributed by atoms with Crippen LogP contribution in [0.15, 0.2) is 84.4 Å². The molecule has 0 N–H and O–H groups in total. The molecule has 0 unspecified atom stereocenters. The largest absolute Gasteiger partial charge is 0.490 e. The molecule has 0 aliphatic carbocycles. The van der Waals surface area contributed by atoms with E-state index in [0.717, 1.165) is 0 Å². The van der Waals surface area contributed by atoms with Gasteiger partial charge in [-0.25, -0.2) is 4.79 Å². The summed E-state index contributed by atoms with van der Waals surface area (Å²) in [5.74, 6) is -0.894. The Morgan fingerprint density at radius 2 is 1.37 bits per heavy atom. The average molecular weight is 531 g/mol. The first-order valence-corrected chi connectivity index (χ1v) is 12.4. The van der Waals surface area contributed by atoms with E-state index in [4.69, 9.17) is 26.4 Å². The van der Waals surface area contributed by atoms with Crippen LogP contribution < -0.4 is 19.3 Å². The fourth-order valence-electron chi connectivity index (χ4n) is 3.85. The summed E-state index contributed by atoms with van der Waals surface area (Å²) in [7, 11) is 0. The molecule has 1 aliphatic heterocycles. The number of benzene rings is 3. The average Bonchev–Trinajstić information content (AvgIpc) is 2.92. The molecule has 4 rings (SSSR count). The predicted octanol–water partition coefficient (Wildman–Crippen LogP) is 4.78. The van der Waals surface area contributed by atoms with Crippen molar-refractivity contribution in [2.75, 3.05) is 29.6 Å².